The highest BCUT2D eigenvalue weighted by molar-refractivity contribution is 5.95. The molecule has 1 rings (SSSR count). The van der Waals surface area contributed by atoms with Gasteiger partial charge in [-0.25, -0.2) is 10.1 Å². The monoisotopic (exact) mass is 332 g/mol. The van der Waals surface area contributed by atoms with E-state index in [9.17, 15) is 14.8 Å². The molecule has 0 spiro atoms. The van der Waals surface area contributed by atoms with Gasteiger partial charge in [0.2, 0.25) is 0 Å². The summed E-state index contributed by atoms with van der Waals surface area (Å²) in [4.78, 5) is 23.7. The van der Waals surface area contributed by atoms with Crippen molar-refractivity contribution < 1.29 is 28.3 Å². The number of guanidine groups is 1. The van der Waals surface area contributed by atoms with Crippen molar-refractivity contribution in [3.05, 3.63) is 5.21 Å². The Bertz CT molecular complexity index is 525. The molecule has 1 aliphatic heterocycles. The average molecular weight is 332 g/mol. The number of carboxylic acid groups (broad SMARTS) is 1. The highest BCUT2D eigenvalue weighted by Gasteiger charge is 2.22. The summed E-state index contributed by atoms with van der Waals surface area (Å²) in [7, 11) is 0. The van der Waals surface area contributed by atoms with Crippen LogP contribution < -0.4 is 5.32 Å². The molecule has 0 aromatic heterocycles. The maximum absolute atomic E-state index is 12.1. The van der Waals surface area contributed by atoms with Crippen molar-refractivity contribution in [2.75, 3.05) is 20.1 Å². The Morgan fingerprint density at radius 2 is 2.13 bits per heavy atom. The van der Waals surface area contributed by atoms with Gasteiger partial charge in [0.1, 0.15) is 0 Å². The molecule has 1 heterocycles. The fourth-order valence-corrected chi connectivity index (χ4v) is 2.29. The first-order valence-electron chi connectivity index (χ1n) is 9.39. The molecule has 0 bridgehead atoms. The number of likely N-dealkylation sites (N-methyl/N-ethyl adjacent to an activating group) is 1. The summed E-state index contributed by atoms with van der Waals surface area (Å²) in [6, 6.07) is 0. The van der Waals surface area contributed by atoms with Gasteiger partial charge in [0, 0.05) is 6.42 Å². The molecule has 1 aliphatic rings. The summed E-state index contributed by atoms with van der Waals surface area (Å²) >= 11 is 0. The minimum atomic E-state index is -2.82. The van der Waals surface area contributed by atoms with Gasteiger partial charge in [-0.15, -0.1) is 0 Å². The summed E-state index contributed by atoms with van der Waals surface area (Å²) in [5.41, 5.74) is 0. The number of carbonyl (C=O) groups excluding carboxylic acids is 1. The third-order valence-corrected chi connectivity index (χ3v) is 3.60. The van der Waals surface area contributed by atoms with Crippen LogP contribution in [0.5, 0.6) is 0 Å². The molecule has 23 heavy (non-hydrogen) atoms. The van der Waals surface area contributed by atoms with E-state index in [1.807, 2.05) is 6.92 Å². The highest BCUT2D eigenvalue weighted by atomic mass is 16.5. The summed E-state index contributed by atoms with van der Waals surface area (Å²) in [5, 5.41) is 23.0. The molecule has 0 aliphatic carbocycles. The molecule has 1 saturated heterocycles. The number of rotatable bonds is 0. The Morgan fingerprint density at radius 3 is 2.83 bits per heavy atom. The maximum atomic E-state index is 12.1. The molecule has 1 fully saturated rings. The van der Waals surface area contributed by atoms with Gasteiger partial charge in [0.25, 0.3) is 5.91 Å². The Balaban J connectivity index is 3.09. The average Bonchev–Trinajstić information content (AvgIpc) is 2.54. The van der Waals surface area contributed by atoms with Crippen molar-refractivity contribution in [1.82, 2.24) is 10.2 Å². The number of nitrogens with one attached hydrogen (secondary N) is 1. The summed E-state index contributed by atoms with van der Waals surface area (Å²) < 4.78 is 27.8. The molecule has 1 unspecified atom stereocenters. The third-order valence-electron chi connectivity index (χ3n) is 3.60. The van der Waals surface area contributed by atoms with Crippen molar-refractivity contribution in [3.8, 4) is 0 Å². The van der Waals surface area contributed by atoms with Crippen LogP contribution in [0.2, 0.25) is 0 Å². The Hall–Kier alpha value is -1.83. The quantitative estimate of drug-likeness (QED) is 0.398. The molecular formula is C15H27N3O5. The Kier molecular flexibility index (Phi) is 6.44. The maximum Gasteiger partial charge on any atom is 0.476 e. The van der Waals surface area contributed by atoms with E-state index in [0.717, 1.165) is 32.1 Å². The molecule has 0 aromatic carbocycles. The van der Waals surface area contributed by atoms with Crippen LogP contribution in [0.25, 0.3) is 0 Å². The number of hydrogen-bond donors (Lipinski definition) is 2. The second-order valence-electron chi connectivity index (χ2n) is 5.59. The normalized spacial score (nSPS) is 27.5. The number of carbonyl (C=O) groups is 2. The van der Waals surface area contributed by atoms with Crippen LogP contribution in [0.15, 0.2) is 0 Å². The van der Waals surface area contributed by atoms with Crippen molar-refractivity contribution in [1.29, 1.82) is 0 Å². The second-order valence-corrected chi connectivity index (χ2v) is 5.59. The minimum Gasteiger partial charge on any atom is -0.735 e. The smallest absolute Gasteiger partial charge is 0.476 e. The zero-order chi connectivity index (χ0) is 19.7. The minimum absolute atomic E-state index is 0.0214. The number of nitrogens with zero attached hydrogens (tertiary/aromatic N) is 2. The molecule has 1 atom stereocenters. The number of hydrogen-bond acceptors (Lipinski definition) is 4. The van der Waals surface area contributed by atoms with Gasteiger partial charge >= 0.3 is 12.1 Å². The molecule has 0 radical (unpaired) electrons. The summed E-state index contributed by atoms with van der Waals surface area (Å²) in [6.45, 7) is -1.22. The van der Waals surface area contributed by atoms with E-state index in [1.165, 1.54) is 0 Å². The van der Waals surface area contributed by atoms with Crippen LogP contribution in [0.3, 0.4) is 0 Å². The number of ether oxygens (including phenoxy) is 1. The standard InChI is InChI=1S/C15H27N3O5/c1-12-8-6-4-3-5-7-9-13(19)16-14(18(22)15(20)21)17(2)10-11-23-12/h12H,3-11H2,1-2H3,(H,16,19)(H,20,21)/b18-14+/i2D3. The lowest BCUT2D eigenvalue weighted by atomic mass is 10.1. The summed E-state index contributed by atoms with van der Waals surface area (Å²) in [5.74, 6) is -1.42. The third kappa shape index (κ3) is 7.32. The zero-order valence-corrected chi connectivity index (χ0v) is 13.4. The molecule has 0 saturated carbocycles. The van der Waals surface area contributed by atoms with Crippen LogP contribution in [0.4, 0.5) is 4.79 Å². The molecular weight excluding hydrogens is 302 g/mol. The number of amides is 2. The number of hydroxylamine groups is 1. The largest absolute Gasteiger partial charge is 0.735 e. The van der Waals surface area contributed by atoms with Gasteiger partial charge in [0.15, 0.2) is 0 Å². The van der Waals surface area contributed by atoms with Crippen molar-refractivity contribution >= 4 is 18.0 Å². The fraction of sp³-hybridized carbons (Fsp3) is 0.800. The van der Waals surface area contributed by atoms with E-state index in [0.29, 0.717) is 11.3 Å². The molecule has 8 heteroatoms. The van der Waals surface area contributed by atoms with Crippen molar-refractivity contribution in [2.24, 2.45) is 0 Å². The van der Waals surface area contributed by atoms with E-state index in [-0.39, 0.29) is 25.7 Å². The highest BCUT2D eigenvalue weighted by Crippen LogP contribution is 2.10. The van der Waals surface area contributed by atoms with Gasteiger partial charge in [-0.1, -0.05) is 25.7 Å². The van der Waals surface area contributed by atoms with E-state index in [2.05, 4.69) is 5.32 Å². The van der Waals surface area contributed by atoms with Crippen LogP contribution in [0, 0.1) is 5.21 Å². The molecule has 132 valence electrons. The summed E-state index contributed by atoms with van der Waals surface area (Å²) in [6.07, 6.45) is 3.25. The Labute approximate surface area is 140 Å². The SMILES string of the molecule is [2H]C([2H])([2H])N1CCOC(C)CCCCCCCC(=O)N/C1=[N+](\[O-])C(=O)O. The molecule has 8 nitrogen and oxygen atoms in total. The predicted molar refractivity (Wildman–Crippen MR) is 85.2 cm³/mol. The van der Waals surface area contributed by atoms with E-state index >= 15 is 0 Å². The first-order chi connectivity index (χ1) is 12.1. The van der Waals surface area contributed by atoms with E-state index < -0.39 is 29.7 Å². The van der Waals surface area contributed by atoms with Crippen molar-refractivity contribution in [3.63, 3.8) is 0 Å². The van der Waals surface area contributed by atoms with E-state index in [4.69, 9.17) is 14.0 Å². The van der Waals surface area contributed by atoms with Gasteiger partial charge in [-0.05, 0) is 19.8 Å². The fourth-order valence-electron chi connectivity index (χ4n) is 2.29. The lowest BCUT2D eigenvalue weighted by molar-refractivity contribution is -0.378. The van der Waals surface area contributed by atoms with Gasteiger partial charge in [-0.3, -0.25) is 9.69 Å². The molecule has 2 N–H and O–H groups in total. The van der Waals surface area contributed by atoms with Crippen molar-refractivity contribution in [2.45, 2.75) is 58.0 Å². The Morgan fingerprint density at radius 1 is 1.43 bits per heavy atom. The van der Waals surface area contributed by atoms with Crippen LogP contribution >= 0.6 is 0 Å². The van der Waals surface area contributed by atoms with Gasteiger partial charge in [-0.2, -0.15) is 4.74 Å². The van der Waals surface area contributed by atoms with Crippen LogP contribution in [-0.4, -0.2) is 58.9 Å². The van der Waals surface area contributed by atoms with Crippen LogP contribution in [-0.2, 0) is 9.53 Å². The van der Waals surface area contributed by atoms with E-state index in [1.54, 1.807) is 0 Å². The zero-order valence-electron chi connectivity index (χ0n) is 16.4. The molecule has 2 amide bonds. The van der Waals surface area contributed by atoms with Gasteiger partial charge < -0.3 is 15.1 Å². The first kappa shape index (κ1) is 14.7. The first-order valence-corrected chi connectivity index (χ1v) is 7.89. The lowest BCUT2D eigenvalue weighted by Gasteiger charge is -2.20. The second kappa shape index (κ2) is 10.0. The van der Waals surface area contributed by atoms with Gasteiger partial charge in [0.05, 0.1) is 30.3 Å². The lowest BCUT2D eigenvalue weighted by Crippen LogP contribution is -2.49. The molecule has 0 aromatic rings. The topological polar surface area (TPSA) is 105 Å². The predicted octanol–water partition coefficient (Wildman–Crippen LogP) is 1.73. The van der Waals surface area contributed by atoms with Crippen LogP contribution in [0.1, 0.15) is 56.0 Å².